The van der Waals surface area contributed by atoms with E-state index < -0.39 is 27.4 Å². The Morgan fingerprint density at radius 1 is 1.10 bits per heavy atom. The third kappa shape index (κ3) is 6.90. The lowest BCUT2D eigenvalue weighted by atomic mass is 10.0. The predicted molar refractivity (Wildman–Crippen MR) is 157 cm³/mol. The van der Waals surface area contributed by atoms with Crippen LogP contribution >= 0.6 is 11.3 Å². The molecule has 1 fully saturated rings. The smallest absolute Gasteiger partial charge is 0.408 e. The Labute approximate surface area is 245 Å². The number of carbonyl (C=O) groups is 1. The van der Waals surface area contributed by atoms with Crippen LogP contribution in [0.1, 0.15) is 60.7 Å². The van der Waals surface area contributed by atoms with Gasteiger partial charge in [0.2, 0.25) is 5.88 Å². The molecule has 1 N–H and O–H groups in total. The van der Waals surface area contributed by atoms with E-state index in [1.54, 1.807) is 35.6 Å². The topological polar surface area (TPSA) is 117 Å². The minimum absolute atomic E-state index is 0.0376. The zero-order chi connectivity index (χ0) is 29.6. The molecule has 2 aliphatic carbocycles. The molecule has 1 atom stereocenters. The summed E-state index contributed by atoms with van der Waals surface area (Å²) in [7, 11) is -3.86. The van der Waals surface area contributed by atoms with Crippen molar-refractivity contribution in [3.8, 4) is 16.6 Å². The van der Waals surface area contributed by atoms with Crippen molar-refractivity contribution in [1.29, 1.82) is 0 Å². The summed E-state index contributed by atoms with van der Waals surface area (Å²) in [6, 6.07) is 6.66. The number of carbonyl (C=O) groups excluding carboxylic acids is 1. The molecule has 0 radical (unpaired) electrons. The summed E-state index contributed by atoms with van der Waals surface area (Å²) >= 11 is 1.56. The first-order valence-electron chi connectivity index (χ1n) is 13.8. The Morgan fingerprint density at radius 2 is 1.78 bits per heavy atom. The molecule has 220 valence electrons. The van der Waals surface area contributed by atoms with Crippen LogP contribution in [0.2, 0.25) is 0 Å². The lowest BCUT2D eigenvalue weighted by Crippen LogP contribution is -2.44. The monoisotopic (exact) mass is 599 g/mol. The van der Waals surface area contributed by atoms with Gasteiger partial charge in [0.25, 0.3) is 10.1 Å². The molecule has 9 nitrogen and oxygen atoms in total. The van der Waals surface area contributed by atoms with E-state index in [9.17, 15) is 13.2 Å². The van der Waals surface area contributed by atoms with Crippen LogP contribution in [-0.4, -0.2) is 48.8 Å². The molecule has 2 aliphatic rings. The van der Waals surface area contributed by atoms with Crippen LogP contribution in [0.15, 0.2) is 35.4 Å². The van der Waals surface area contributed by atoms with E-state index in [1.807, 2.05) is 47.7 Å². The summed E-state index contributed by atoms with van der Waals surface area (Å²) in [5.74, 6) is 0.460. The van der Waals surface area contributed by atoms with E-state index >= 15 is 0 Å². The highest BCUT2D eigenvalue weighted by Crippen LogP contribution is 2.42. The number of rotatable bonds is 9. The Morgan fingerprint density at radius 3 is 2.39 bits per heavy atom. The van der Waals surface area contributed by atoms with Gasteiger partial charge in [0.1, 0.15) is 22.9 Å². The van der Waals surface area contributed by atoms with E-state index in [0.717, 1.165) is 50.7 Å². The lowest BCUT2D eigenvalue weighted by molar-refractivity contribution is 0.0476. The van der Waals surface area contributed by atoms with Crippen molar-refractivity contribution in [2.24, 2.45) is 5.92 Å². The van der Waals surface area contributed by atoms with Crippen LogP contribution in [0.4, 0.5) is 4.79 Å². The molecular formula is C30H37N3O6S2. The molecule has 0 spiro atoms. The van der Waals surface area contributed by atoms with Crippen LogP contribution < -0.4 is 10.1 Å². The number of amides is 1. The van der Waals surface area contributed by atoms with Gasteiger partial charge in [0, 0.05) is 16.6 Å². The fourth-order valence-electron chi connectivity index (χ4n) is 4.94. The molecule has 1 saturated carbocycles. The van der Waals surface area contributed by atoms with Crippen molar-refractivity contribution in [2.45, 2.75) is 83.3 Å². The first-order valence-corrected chi connectivity index (χ1v) is 16.0. The second kappa shape index (κ2) is 11.0. The number of aromatic nitrogens is 2. The maximum absolute atomic E-state index is 12.8. The summed E-state index contributed by atoms with van der Waals surface area (Å²) in [5.41, 5.74) is 3.73. The largest absolute Gasteiger partial charge is 0.475 e. The molecule has 2 heterocycles. The predicted octanol–water partition coefficient (Wildman–Crippen LogP) is 5.69. The Balaban J connectivity index is 1.34. The Bertz CT molecular complexity index is 1550. The zero-order valence-corrected chi connectivity index (χ0v) is 26.0. The standard InChI is InChI=1S/C30H37N3O6S2/c1-18-7-9-22(10-8-18)41(35,36)38-16-21-13-23-20(3)26(32-25(24(23)14-21)27-31-15-19(2)40-27)37-17-30(11-12-30)33-28(34)39-29(4,5)6/h7-10,15,21H,11-14,16-17H2,1-6H3,(H,33,34). The fourth-order valence-corrected chi connectivity index (χ4v) is 6.70. The molecule has 1 unspecified atom stereocenters. The highest BCUT2D eigenvalue weighted by molar-refractivity contribution is 7.86. The average Bonchev–Trinajstić information content (AvgIpc) is 3.28. The second-order valence-corrected chi connectivity index (χ2v) is 15.0. The second-order valence-electron chi connectivity index (χ2n) is 12.1. The molecule has 2 aromatic heterocycles. The number of aryl methyl sites for hydroxylation is 2. The van der Waals surface area contributed by atoms with Gasteiger partial charge in [0.15, 0.2) is 0 Å². The van der Waals surface area contributed by atoms with Crippen LogP contribution in [0.5, 0.6) is 5.88 Å². The first kappa shape index (κ1) is 29.5. The van der Waals surface area contributed by atoms with Crippen molar-refractivity contribution in [2.75, 3.05) is 13.2 Å². The van der Waals surface area contributed by atoms with Crippen molar-refractivity contribution >= 4 is 27.5 Å². The summed E-state index contributed by atoms with van der Waals surface area (Å²) in [4.78, 5) is 23.1. The fraction of sp³-hybridized carbons (Fsp3) is 0.500. The summed E-state index contributed by atoms with van der Waals surface area (Å²) in [6.07, 6.45) is 4.22. The first-order chi connectivity index (χ1) is 19.2. The number of ether oxygens (including phenoxy) is 2. The number of benzene rings is 1. The third-order valence-electron chi connectivity index (χ3n) is 7.32. The van der Waals surface area contributed by atoms with Gasteiger partial charge in [-0.25, -0.2) is 14.8 Å². The molecular weight excluding hydrogens is 562 g/mol. The Hall–Kier alpha value is -3.02. The summed E-state index contributed by atoms with van der Waals surface area (Å²) in [6.45, 7) is 11.7. The number of alkyl carbamates (subject to hydrolysis) is 1. The minimum Gasteiger partial charge on any atom is -0.475 e. The van der Waals surface area contributed by atoms with Crippen molar-refractivity contribution in [3.05, 3.63) is 57.6 Å². The van der Waals surface area contributed by atoms with Gasteiger partial charge in [-0.15, -0.1) is 11.3 Å². The number of fused-ring (bicyclic) bond motifs is 1. The molecule has 41 heavy (non-hydrogen) atoms. The number of thiazole rings is 1. The molecule has 3 aromatic rings. The summed E-state index contributed by atoms with van der Waals surface area (Å²) in [5, 5.41) is 3.77. The maximum Gasteiger partial charge on any atom is 0.408 e. The number of nitrogens with zero attached hydrogens (tertiary/aromatic N) is 2. The quantitative estimate of drug-likeness (QED) is 0.312. The number of hydrogen-bond acceptors (Lipinski definition) is 9. The normalized spacial score (nSPS) is 17.7. The lowest BCUT2D eigenvalue weighted by Gasteiger charge is -2.24. The Kier molecular flexibility index (Phi) is 7.90. The van der Waals surface area contributed by atoms with Crippen LogP contribution in [0.3, 0.4) is 0 Å². The van der Waals surface area contributed by atoms with E-state index in [1.165, 1.54) is 0 Å². The number of nitrogens with one attached hydrogen (secondary N) is 1. The van der Waals surface area contributed by atoms with Gasteiger partial charge in [-0.2, -0.15) is 8.42 Å². The van der Waals surface area contributed by atoms with E-state index in [-0.39, 0.29) is 24.0 Å². The van der Waals surface area contributed by atoms with Gasteiger partial charge in [-0.1, -0.05) is 17.7 Å². The van der Waals surface area contributed by atoms with Gasteiger partial charge >= 0.3 is 6.09 Å². The molecule has 1 amide bonds. The van der Waals surface area contributed by atoms with Crippen molar-refractivity contribution < 1.29 is 26.9 Å². The molecule has 0 bridgehead atoms. The average molecular weight is 600 g/mol. The molecule has 1 aromatic carbocycles. The molecule has 0 aliphatic heterocycles. The van der Waals surface area contributed by atoms with Gasteiger partial charge in [0.05, 0.1) is 17.0 Å². The van der Waals surface area contributed by atoms with E-state index in [4.69, 9.17) is 18.6 Å². The highest BCUT2D eigenvalue weighted by Gasteiger charge is 2.46. The molecule has 0 saturated heterocycles. The van der Waals surface area contributed by atoms with E-state index in [0.29, 0.717) is 18.7 Å². The maximum atomic E-state index is 12.8. The molecule has 11 heteroatoms. The van der Waals surface area contributed by atoms with Gasteiger partial charge < -0.3 is 14.8 Å². The van der Waals surface area contributed by atoms with Crippen molar-refractivity contribution in [1.82, 2.24) is 15.3 Å². The van der Waals surface area contributed by atoms with Crippen LogP contribution in [0, 0.1) is 26.7 Å². The van der Waals surface area contributed by atoms with Crippen LogP contribution in [0.25, 0.3) is 10.7 Å². The van der Waals surface area contributed by atoms with Gasteiger partial charge in [-0.3, -0.25) is 4.18 Å². The minimum atomic E-state index is -3.86. The zero-order valence-electron chi connectivity index (χ0n) is 24.4. The molecule has 5 rings (SSSR count). The number of hydrogen-bond donors (Lipinski definition) is 1. The van der Waals surface area contributed by atoms with E-state index in [2.05, 4.69) is 10.3 Å². The van der Waals surface area contributed by atoms with Gasteiger partial charge in [-0.05, 0) is 96.4 Å². The highest BCUT2D eigenvalue weighted by atomic mass is 32.2. The third-order valence-corrected chi connectivity index (χ3v) is 9.54. The number of pyridine rings is 1. The summed E-state index contributed by atoms with van der Waals surface area (Å²) < 4.78 is 42.9. The van der Waals surface area contributed by atoms with Crippen LogP contribution in [-0.2, 0) is 31.9 Å². The SMILES string of the molecule is Cc1ccc(S(=O)(=O)OCC2Cc3c(-c4ncc(C)s4)nc(OCC4(NC(=O)OC(C)(C)C)CC4)c(C)c3C2)cc1. The van der Waals surface area contributed by atoms with Crippen molar-refractivity contribution in [3.63, 3.8) is 0 Å².